The van der Waals surface area contributed by atoms with Crippen LogP contribution in [0.4, 0.5) is 0 Å². The number of fused-ring (bicyclic) bond motifs is 1. The number of carbonyl (C=O) groups is 3. The molecular formula is C18H23N3O3. The first kappa shape index (κ1) is 16.6. The number of likely N-dealkylation sites (tertiary alicyclic amines) is 1. The highest BCUT2D eigenvalue weighted by molar-refractivity contribution is 6.21. The molecule has 0 aromatic heterocycles. The molecule has 0 saturated carbocycles. The molecule has 1 N–H and O–H groups in total. The van der Waals surface area contributed by atoms with Crippen molar-refractivity contribution in [1.29, 1.82) is 0 Å². The van der Waals surface area contributed by atoms with Crippen LogP contribution in [0.1, 0.15) is 56.8 Å². The molecule has 0 atom stereocenters. The van der Waals surface area contributed by atoms with E-state index in [1.807, 2.05) is 0 Å². The zero-order valence-corrected chi connectivity index (χ0v) is 14.0. The van der Waals surface area contributed by atoms with Crippen LogP contribution in [0.3, 0.4) is 0 Å². The summed E-state index contributed by atoms with van der Waals surface area (Å²) < 4.78 is 0. The second-order valence-corrected chi connectivity index (χ2v) is 6.44. The van der Waals surface area contributed by atoms with Gasteiger partial charge in [-0.1, -0.05) is 6.42 Å². The third-order valence-electron chi connectivity index (χ3n) is 4.74. The molecule has 3 amide bonds. The fraction of sp³-hybridized carbons (Fsp3) is 0.500. The van der Waals surface area contributed by atoms with E-state index in [4.69, 9.17) is 0 Å². The SMILES string of the molecule is CN1C(=O)c2ccc(C(=O)NCCCN3CCCCC3)cc2C1=O. The molecule has 2 heterocycles. The Kier molecular flexibility index (Phi) is 4.94. The number of benzene rings is 1. The molecule has 24 heavy (non-hydrogen) atoms. The largest absolute Gasteiger partial charge is 0.352 e. The van der Waals surface area contributed by atoms with Crippen molar-refractivity contribution in [2.24, 2.45) is 0 Å². The van der Waals surface area contributed by atoms with Crippen molar-refractivity contribution in [3.63, 3.8) is 0 Å². The Hall–Kier alpha value is -2.21. The van der Waals surface area contributed by atoms with Crippen LogP contribution in [0.15, 0.2) is 18.2 Å². The van der Waals surface area contributed by atoms with Crippen molar-refractivity contribution in [2.75, 3.05) is 33.2 Å². The lowest BCUT2D eigenvalue weighted by atomic mass is 10.1. The highest BCUT2D eigenvalue weighted by atomic mass is 16.2. The number of nitrogens with zero attached hydrogens (tertiary/aromatic N) is 2. The van der Waals surface area contributed by atoms with E-state index in [-0.39, 0.29) is 17.7 Å². The average molecular weight is 329 g/mol. The van der Waals surface area contributed by atoms with Crippen LogP contribution in [0, 0.1) is 0 Å². The van der Waals surface area contributed by atoms with Gasteiger partial charge in [0.1, 0.15) is 0 Å². The van der Waals surface area contributed by atoms with Crippen LogP contribution in [-0.2, 0) is 0 Å². The number of hydrogen-bond acceptors (Lipinski definition) is 4. The maximum Gasteiger partial charge on any atom is 0.261 e. The first-order chi connectivity index (χ1) is 11.6. The van der Waals surface area contributed by atoms with E-state index in [0.717, 1.165) is 31.0 Å². The summed E-state index contributed by atoms with van der Waals surface area (Å²) in [6.45, 7) is 3.92. The summed E-state index contributed by atoms with van der Waals surface area (Å²) in [5.74, 6) is -0.871. The second-order valence-electron chi connectivity index (χ2n) is 6.44. The van der Waals surface area contributed by atoms with Crippen molar-refractivity contribution in [3.8, 4) is 0 Å². The van der Waals surface area contributed by atoms with Gasteiger partial charge in [-0.3, -0.25) is 19.3 Å². The lowest BCUT2D eigenvalue weighted by Gasteiger charge is -2.26. The van der Waals surface area contributed by atoms with Gasteiger partial charge in [-0.25, -0.2) is 0 Å². The molecule has 6 heteroatoms. The minimum Gasteiger partial charge on any atom is -0.352 e. The summed E-state index contributed by atoms with van der Waals surface area (Å²) >= 11 is 0. The highest BCUT2D eigenvalue weighted by Crippen LogP contribution is 2.22. The van der Waals surface area contributed by atoms with E-state index in [9.17, 15) is 14.4 Å². The molecule has 0 bridgehead atoms. The number of carbonyl (C=O) groups excluding carboxylic acids is 3. The molecule has 1 aromatic carbocycles. The van der Waals surface area contributed by atoms with Gasteiger partial charge in [-0.05, 0) is 57.1 Å². The highest BCUT2D eigenvalue weighted by Gasteiger charge is 2.33. The van der Waals surface area contributed by atoms with Crippen LogP contribution >= 0.6 is 0 Å². The van der Waals surface area contributed by atoms with Crippen LogP contribution in [-0.4, -0.2) is 60.7 Å². The van der Waals surface area contributed by atoms with E-state index in [1.165, 1.54) is 32.4 Å². The Bertz CT molecular complexity index is 665. The summed E-state index contributed by atoms with van der Waals surface area (Å²) in [7, 11) is 1.45. The molecule has 0 spiro atoms. The predicted octanol–water partition coefficient (Wildman–Crippen LogP) is 1.52. The maximum atomic E-state index is 12.2. The first-order valence-electron chi connectivity index (χ1n) is 8.55. The molecular weight excluding hydrogens is 306 g/mol. The van der Waals surface area contributed by atoms with E-state index >= 15 is 0 Å². The van der Waals surface area contributed by atoms with Crippen LogP contribution in [0.25, 0.3) is 0 Å². The second kappa shape index (κ2) is 7.13. The van der Waals surface area contributed by atoms with Crippen molar-refractivity contribution < 1.29 is 14.4 Å². The van der Waals surface area contributed by atoms with Gasteiger partial charge in [0.25, 0.3) is 17.7 Å². The summed E-state index contributed by atoms with van der Waals surface area (Å²) in [5, 5.41) is 2.89. The smallest absolute Gasteiger partial charge is 0.261 e. The zero-order chi connectivity index (χ0) is 17.1. The van der Waals surface area contributed by atoms with Gasteiger partial charge >= 0.3 is 0 Å². The van der Waals surface area contributed by atoms with Crippen LogP contribution in [0.2, 0.25) is 0 Å². The molecule has 1 aromatic rings. The van der Waals surface area contributed by atoms with Gasteiger partial charge in [-0.15, -0.1) is 0 Å². The standard InChI is InChI=1S/C18H23N3O3/c1-20-17(23)14-7-6-13(12-15(14)18(20)24)16(22)19-8-5-11-21-9-3-2-4-10-21/h6-7,12H,2-5,8-11H2,1H3,(H,19,22). The first-order valence-corrected chi connectivity index (χ1v) is 8.55. The Balaban J connectivity index is 1.52. The number of hydrogen-bond donors (Lipinski definition) is 1. The lowest BCUT2D eigenvalue weighted by molar-refractivity contribution is 0.0693. The summed E-state index contributed by atoms with van der Waals surface area (Å²) in [6.07, 6.45) is 4.77. The molecule has 3 rings (SSSR count). The summed E-state index contributed by atoms with van der Waals surface area (Å²) in [6, 6.07) is 4.67. The monoisotopic (exact) mass is 329 g/mol. The summed E-state index contributed by atoms with van der Waals surface area (Å²) in [5.41, 5.74) is 1.09. The Labute approximate surface area is 141 Å². The predicted molar refractivity (Wildman–Crippen MR) is 90.1 cm³/mol. The molecule has 0 unspecified atom stereocenters. The molecule has 2 aliphatic heterocycles. The van der Waals surface area contributed by atoms with E-state index < -0.39 is 0 Å². The Morgan fingerprint density at radius 1 is 1.08 bits per heavy atom. The zero-order valence-electron chi connectivity index (χ0n) is 14.0. The number of piperidine rings is 1. The van der Waals surface area contributed by atoms with Gasteiger partial charge in [0.15, 0.2) is 0 Å². The number of rotatable bonds is 5. The Morgan fingerprint density at radius 2 is 1.79 bits per heavy atom. The minimum atomic E-state index is -0.352. The molecule has 1 saturated heterocycles. The van der Waals surface area contributed by atoms with E-state index in [0.29, 0.717) is 23.2 Å². The fourth-order valence-corrected chi connectivity index (χ4v) is 3.29. The molecule has 0 aliphatic carbocycles. The average Bonchev–Trinajstić information content (AvgIpc) is 2.83. The quantitative estimate of drug-likeness (QED) is 0.657. The third-order valence-corrected chi connectivity index (χ3v) is 4.74. The van der Waals surface area contributed by atoms with Crippen molar-refractivity contribution in [3.05, 3.63) is 34.9 Å². The van der Waals surface area contributed by atoms with Gasteiger partial charge < -0.3 is 10.2 Å². The molecule has 6 nitrogen and oxygen atoms in total. The molecule has 2 aliphatic rings. The number of imide groups is 1. The topological polar surface area (TPSA) is 69.7 Å². The van der Waals surface area contributed by atoms with Gasteiger partial charge in [0.2, 0.25) is 0 Å². The van der Waals surface area contributed by atoms with Gasteiger partial charge in [-0.2, -0.15) is 0 Å². The fourth-order valence-electron chi connectivity index (χ4n) is 3.29. The third kappa shape index (κ3) is 3.33. The van der Waals surface area contributed by atoms with Gasteiger partial charge in [0, 0.05) is 19.2 Å². The molecule has 1 fully saturated rings. The van der Waals surface area contributed by atoms with E-state index in [1.54, 1.807) is 12.1 Å². The van der Waals surface area contributed by atoms with Crippen LogP contribution < -0.4 is 5.32 Å². The van der Waals surface area contributed by atoms with Gasteiger partial charge in [0.05, 0.1) is 11.1 Å². The van der Waals surface area contributed by atoms with Crippen LogP contribution in [0.5, 0.6) is 0 Å². The van der Waals surface area contributed by atoms with Crippen molar-refractivity contribution >= 4 is 17.7 Å². The lowest BCUT2D eigenvalue weighted by Crippen LogP contribution is -2.33. The minimum absolute atomic E-state index is 0.203. The maximum absolute atomic E-state index is 12.2. The Morgan fingerprint density at radius 3 is 2.54 bits per heavy atom. The number of amides is 3. The van der Waals surface area contributed by atoms with E-state index in [2.05, 4.69) is 10.2 Å². The normalized spacial score (nSPS) is 18.0. The molecule has 0 radical (unpaired) electrons. The van der Waals surface area contributed by atoms with Crippen molar-refractivity contribution in [1.82, 2.24) is 15.1 Å². The molecule has 128 valence electrons. The summed E-state index contributed by atoms with van der Waals surface area (Å²) in [4.78, 5) is 39.6. The van der Waals surface area contributed by atoms with Crippen molar-refractivity contribution in [2.45, 2.75) is 25.7 Å². The number of nitrogens with one attached hydrogen (secondary N) is 1.